The van der Waals surface area contributed by atoms with E-state index < -0.39 is 16.5 Å². The molecule has 0 aliphatic heterocycles. The summed E-state index contributed by atoms with van der Waals surface area (Å²) in [6.45, 7) is 5.07. The Hall–Kier alpha value is -1.66. The molecule has 1 aromatic carbocycles. The van der Waals surface area contributed by atoms with E-state index in [9.17, 15) is 14.9 Å². The molecule has 0 aliphatic carbocycles. The van der Waals surface area contributed by atoms with Gasteiger partial charge in [0.1, 0.15) is 5.60 Å². The maximum absolute atomic E-state index is 11.6. The Morgan fingerprint density at radius 3 is 2.50 bits per heavy atom. The number of rotatable bonds is 3. The van der Waals surface area contributed by atoms with Crippen molar-refractivity contribution in [2.75, 3.05) is 0 Å². The lowest BCUT2D eigenvalue weighted by molar-refractivity contribution is -0.384. The summed E-state index contributed by atoms with van der Waals surface area (Å²) in [7, 11) is 0. The molecule has 0 bridgehead atoms. The summed E-state index contributed by atoms with van der Waals surface area (Å²) in [6.07, 6.45) is 0. The minimum absolute atomic E-state index is 0.0584. The van der Waals surface area contributed by atoms with Crippen LogP contribution in [0, 0.1) is 10.1 Å². The molecule has 0 saturated heterocycles. The number of nitrogens with zero attached hydrogens (tertiary/aromatic N) is 1. The van der Waals surface area contributed by atoms with Crippen LogP contribution in [0.25, 0.3) is 0 Å². The molecule has 0 atom stereocenters. The highest BCUT2D eigenvalue weighted by atomic mass is 35.5. The van der Waals surface area contributed by atoms with Gasteiger partial charge in [-0.1, -0.05) is 11.6 Å². The van der Waals surface area contributed by atoms with Gasteiger partial charge in [0.05, 0.1) is 15.5 Å². The number of benzene rings is 1. The van der Waals surface area contributed by atoms with Crippen molar-refractivity contribution in [2.24, 2.45) is 0 Å². The molecule has 18 heavy (non-hydrogen) atoms. The average Bonchev–Trinajstić information content (AvgIpc) is 2.25. The van der Waals surface area contributed by atoms with Gasteiger partial charge in [-0.25, -0.2) is 4.79 Å². The van der Waals surface area contributed by atoms with Gasteiger partial charge in [-0.15, -0.1) is 0 Å². The lowest BCUT2D eigenvalue weighted by atomic mass is 10.2. The maximum atomic E-state index is 11.6. The summed E-state index contributed by atoms with van der Waals surface area (Å²) in [5.74, 6) is -0.876. The van der Waals surface area contributed by atoms with Crippen LogP contribution in [0.15, 0.2) is 18.2 Å². The zero-order chi connectivity index (χ0) is 13.9. The van der Waals surface area contributed by atoms with Crippen molar-refractivity contribution in [3.05, 3.63) is 38.9 Å². The van der Waals surface area contributed by atoms with Crippen molar-refractivity contribution in [1.82, 2.24) is 0 Å². The van der Waals surface area contributed by atoms with Gasteiger partial charge >= 0.3 is 5.97 Å². The smallest absolute Gasteiger partial charge is 0.292 e. The summed E-state index contributed by atoms with van der Waals surface area (Å²) in [4.78, 5) is 31.0. The maximum Gasteiger partial charge on any atom is 0.374 e. The van der Waals surface area contributed by atoms with E-state index >= 15 is 0 Å². The van der Waals surface area contributed by atoms with Gasteiger partial charge in [0.15, 0.2) is 0 Å². The molecule has 0 amide bonds. The topological polar surface area (TPSA) is 78.7 Å². The highest BCUT2D eigenvalue weighted by molar-refractivity contribution is 6.33. The van der Waals surface area contributed by atoms with Crippen LogP contribution < -0.4 is 0 Å². The third-order valence-corrected chi connectivity index (χ3v) is 2.08. The molecule has 0 unspecified atom stereocenters. The number of halogens is 1. The monoisotopic (exact) mass is 273 g/mol. The van der Waals surface area contributed by atoms with Crippen LogP contribution in [-0.4, -0.2) is 16.5 Å². The second-order valence-corrected chi connectivity index (χ2v) is 4.89. The van der Waals surface area contributed by atoms with Crippen LogP contribution in [0.4, 0.5) is 5.69 Å². The largest absolute Gasteiger partial charge is 0.374 e. The number of carbonyl (C=O) groups excluding carboxylic acids is 1. The first kappa shape index (κ1) is 14.4. The van der Waals surface area contributed by atoms with Gasteiger partial charge in [-0.3, -0.25) is 15.0 Å². The molecule has 0 heterocycles. The summed E-state index contributed by atoms with van der Waals surface area (Å²) in [5, 5.41) is 10.6. The Kier molecular flexibility index (Phi) is 4.26. The molecule has 0 radical (unpaired) electrons. The van der Waals surface area contributed by atoms with Crippen molar-refractivity contribution in [1.29, 1.82) is 0 Å². The molecule has 7 heteroatoms. The lowest BCUT2D eigenvalue weighted by Crippen LogP contribution is -2.22. The fourth-order valence-electron chi connectivity index (χ4n) is 0.991. The molecular weight excluding hydrogens is 262 g/mol. The second kappa shape index (κ2) is 5.32. The van der Waals surface area contributed by atoms with Crippen molar-refractivity contribution >= 4 is 23.3 Å². The van der Waals surface area contributed by atoms with Crippen molar-refractivity contribution in [3.63, 3.8) is 0 Å². The normalized spacial score (nSPS) is 11.1. The van der Waals surface area contributed by atoms with Crippen LogP contribution in [0.1, 0.15) is 31.1 Å². The number of nitro groups is 1. The summed E-state index contributed by atoms with van der Waals surface area (Å²) in [5.41, 5.74) is -1.04. The third kappa shape index (κ3) is 3.97. The molecular formula is C11H12ClNO5. The molecule has 0 aliphatic rings. The number of hydrogen-bond donors (Lipinski definition) is 0. The minimum atomic E-state index is -0.876. The number of carbonyl (C=O) groups is 1. The number of non-ortho nitro benzene ring substituents is 1. The van der Waals surface area contributed by atoms with Crippen molar-refractivity contribution in [2.45, 2.75) is 26.4 Å². The second-order valence-electron chi connectivity index (χ2n) is 4.49. The number of nitro benzene ring substituents is 1. The van der Waals surface area contributed by atoms with E-state index in [0.29, 0.717) is 0 Å². The molecule has 0 saturated carbocycles. The fraction of sp³-hybridized carbons (Fsp3) is 0.364. The third-order valence-electron chi connectivity index (χ3n) is 1.75. The molecule has 0 N–H and O–H groups in total. The summed E-state index contributed by atoms with van der Waals surface area (Å²) < 4.78 is 0. The van der Waals surface area contributed by atoms with E-state index in [1.165, 1.54) is 12.1 Å². The highest BCUT2D eigenvalue weighted by Gasteiger charge is 2.21. The van der Waals surface area contributed by atoms with Crippen LogP contribution in [0.3, 0.4) is 0 Å². The molecule has 6 nitrogen and oxygen atoms in total. The SMILES string of the molecule is CC(C)(C)OOC(=O)c1cc([N+](=O)[O-])ccc1Cl. The number of hydrogen-bond acceptors (Lipinski definition) is 5. The van der Waals surface area contributed by atoms with Gasteiger partial charge in [0, 0.05) is 12.1 Å². The van der Waals surface area contributed by atoms with E-state index in [1.54, 1.807) is 20.8 Å². The quantitative estimate of drug-likeness (QED) is 0.480. The Bertz CT molecular complexity index is 481. The van der Waals surface area contributed by atoms with Gasteiger partial charge in [0.25, 0.3) is 5.69 Å². The predicted molar refractivity (Wildman–Crippen MR) is 64.4 cm³/mol. The van der Waals surface area contributed by atoms with E-state index in [2.05, 4.69) is 4.89 Å². The Morgan fingerprint density at radius 2 is 2.00 bits per heavy atom. The zero-order valence-corrected chi connectivity index (χ0v) is 10.9. The lowest BCUT2D eigenvalue weighted by Gasteiger charge is -2.16. The molecule has 0 spiro atoms. The predicted octanol–water partition coefficient (Wildman–Crippen LogP) is 3.14. The Labute approximate surface area is 109 Å². The van der Waals surface area contributed by atoms with Gasteiger partial charge in [-0.2, -0.15) is 4.89 Å². The van der Waals surface area contributed by atoms with E-state index in [-0.39, 0.29) is 16.3 Å². The standard InChI is InChI=1S/C11H12ClNO5/c1-11(2,3)18-17-10(14)8-6-7(13(15)16)4-5-9(8)12/h4-6H,1-3H3. The van der Waals surface area contributed by atoms with Gasteiger partial charge < -0.3 is 0 Å². The van der Waals surface area contributed by atoms with Gasteiger partial charge in [0.2, 0.25) is 0 Å². The molecule has 98 valence electrons. The van der Waals surface area contributed by atoms with E-state index in [1.807, 2.05) is 0 Å². The summed E-state index contributed by atoms with van der Waals surface area (Å²) >= 11 is 5.77. The summed E-state index contributed by atoms with van der Waals surface area (Å²) in [6, 6.07) is 3.49. The van der Waals surface area contributed by atoms with Crippen LogP contribution in [-0.2, 0) is 9.78 Å². The zero-order valence-electron chi connectivity index (χ0n) is 10.1. The molecule has 0 fully saturated rings. The Balaban J connectivity index is 2.91. The average molecular weight is 274 g/mol. The first-order valence-corrected chi connectivity index (χ1v) is 5.42. The van der Waals surface area contributed by atoms with Gasteiger partial charge in [-0.05, 0) is 26.8 Å². The minimum Gasteiger partial charge on any atom is -0.292 e. The first-order chi connectivity index (χ1) is 8.20. The fourth-order valence-corrected chi connectivity index (χ4v) is 1.19. The first-order valence-electron chi connectivity index (χ1n) is 5.04. The highest BCUT2D eigenvalue weighted by Crippen LogP contribution is 2.23. The van der Waals surface area contributed by atoms with Crippen LogP contribution in [0.2, 0.25) is 5.02 Å². The molecule has 1 rings (SSSR count). The van der Waals surface area contributed by atoms with Crippen molar-refractivity contribution in [3.8, 4) is 0 Å². The van der Waals surface area contributed by atoms with Crippen LogP contribution in [0.5, 0.6) is 0 Å². The van der Waals surface area contributed by atoms with Crippen LogP contribution >= 0.6 is 11.6 Å². The molecule has 0 aromatic heterocycles. The van der Waals surface area contributed by atoms with Crippen molar-refractivity contribution < 1.29 is 19.5 Å². The Morgan fingerprint density at radius 1 is 1.39 bits per heavy atom. The van der Waals surface area contributed by atoms with E-state index in [4.69, 9.17) is 16.5 Å². The molecule has 1 aromatic rings. The van der Waals surface area contributed by atoms with E-state index in [0.717, 1.165) is 6.07 Å².